The average Bonchev–Trinajstić information content (AvgIpc) is 2.86. The number of phenolic OH excluding ortho intramolecular Hbond substituents is 1. The van der Waals surface area contributed by atoms with Crippen LogP contribution in [0.5, 0.6) is 17.2 Å². The molecule has 1 heterocycles. The van der Waals surface area contributed by atoms with Gasteiger partial charge in [0.2, 0.25) is 6.79 Å². The first-order chi connectivity index (χ1) is 9.63. The zero-order valence-electron chi connectivity index (χ0n) is 10.3. The summed E-state index contributed by atoms with van der Waals surface area (Å²) >= 11 is 5.81. The first-order valence-electron chi connectivity index (χ1n) is 5.94. The summed E-state index contributed by atoms with van der Waals surface area (Å²) in [5, 5.41) is 13.2. The third-order valence-electron chi connectivity index (χ3n) is 2.97. The molecule has 2 N–H and O–H groups in total. The predicted molar refractivity (Wildman–Crippen MR) is 73.0 cm³/mol. The second-order valence-electron chi connectivity index (χ2n) is 4.31. The molecule has 4 nitrogen and oxygen atoms in total. The van der Waals surface area contributed by atoms with Gasteiger partial charge in [-0.1, -0.05) is 11.6 Å². The number of ether oxygens (including phenoxy) is 2. The third-order valence-corrected chi connectivity index (χ3v) is 3.21. The summed E-state index contributed by atoms with van der Waals surface area (Å²) in [4.78, 5) is 0. The summed E-state index contributed by atoms with van der Waals surface area (Å²) in [6.07, 6.45) is 0. The van der Waals surface area contributed by atoms with Crippen LogP contribution in [-0.2, 0) is 6.54 Å². The van der Waals surface area contributed by atoms with Crippen molar-refractivity contribution < 1.29 is 19.0 Å². The molecule has 0 amide bonds. The summed E-state index contributed by atoms with van der Waals surface area (Å²) in [6.45, 7) is 0.369. The largest absolute Gasteiger partial charge is 0.507 e. The Hall–Kier alpha value is -2.14. The van der Waals surface area contributed by atoms with Gasteiger partial charge in [-0.15, -0.1) is 0 Å². The van der Waals surface area contributed by atoms with Gasteiger partial charge in [0.25, 0.3) is 0 Å². The Morgan fingerprint density at radius 1 is 1.20 bits per heavy atom. The topological polar surface area (TPSA) is 50.7 Å². The van der Waals surface area contributed by atoms with Crippen LogP contribution in [0.25, 0.3) is 0 Å². The first kappa shape index (κ1) is 12.9. The van der Waals surface area contributed by atoms with Gasteiger partial charge in [-0.3, -0.25) is 0 Å². The van der Waals surface area contributed by atoms with Crippen molar-refractivity contribution >= 4 is 17.3 Å². The van der Waals surface area contributed by atoms with Crippen molar-refractivity contribution in [3.63, 3.8) is 0 Å². The molecule has 0 saturated heterocycles. The smallest absolute Gasteiger partial charge is 0.231 e. The number of hydrogen-bond acceptors (Lipinski definition) is 4. The van der Waals surface area contributed by atoms with E-state index in [2.05, 4.69) is 5.32 Å². The average molecular weight is 296 g/mol. The van der Waals surface area contributed by atoms with Crippen LogP contribution < -0.4 is 14.8 Å². The summed E-state index contributed by atoms with van der Waals surface area (Å²) in [7, 11) is 0. The van der Waals surface area contributed by atoms with E-state index < -0.39 is 5.82 Å². The van der Waals surface area contributed by atoms with E-state index in [1.165, 1.54) is 24.3 Å². The highest BCUT2D eigenvalue weighted by Gasteiger charge is 2.17. The van der Waals surface area contributed by atoms with Crippen LogP contribution in [0.15, 0.2) is 30.3 Å². The molecule has 0 aliphatic carbocycles. The molecular formula is C14H11ClFNO3. The minimum Gasteiger partial charge on any atom is -0.507 e. The van der Waals surface area contributed by atoms with Crippen LogP contribution in [-0.4, -0.2) is 11.9 Å². The molecule has 2 aromatic rings. The molecule has 0 bridgehead atoms. The molecule has 0 atom stereocenters. The van der Waals surface area contributed by atoms with Gasteiger partial charge in [0, 0.05) is 23.2 Å². The molecule has 0 unspecified atom stereocenters. The van der Waals surface area contributed by atoms with Crippen molar-refractivity contribution in [1.29, 1.82) is 0 Å². The molecular weight excluding hydrogens is 285 g/mol. The highest BCUT2D eigenvalue weighted by Crippen LogP contribution is 2.37. The Bertz CT molecular complexity index is 663. The molecule has 0 aromatic heterocycles. The molecule has 0 radical (unpaired) electrons. The predicted octanol–water partition coefficient (Wildman–Crippen LogP) is 3.53. The zero-order valence-corrected chi connectivity index (χ0v) is 11.1. The summed E-state index contributed by atoms with van der Waals surface area (Å²) in [6, 6.07) is 7.38. The van der Waals surface area contributed by atoms with Crippen LogP contribution >= 0.6 is 11.6 Å². The van der Waals surface area contributed by atoms with E-state index >= 15 is 0 Å². The molecule has 6 heteroatoms. The first-order valence-corrected chi connectivity index (χ1v) is 6.31. The number of fused-ring (bicyclic) bond motifs is 1. The lowest BCUT2D eigenvalue weighted by Crippen LogP contribution is -2.01. The maximum absolute atomic E-state index is 13.6. The highest BCUT2D eigenvalue weighted by molar-refractivity contribution is 6.30. The third kappa shape index (κ3) is 2.44. The van der Waals surface area contributed by atoms with Crippen LogP contribution in [0, 0.1) is 5.82 Å². The van der Waals surface area contributed by atoms with Gasteiger partial charge in [0.15, 0.2) is 11.5 Å². The maximum Gasteiger partial charge on any atom is 0.231 e. The number of nitrogens with one attached hydrogen (secondary N) is 1. The van der Waals surface area contributed by atoms with Crippen molar-refractivity contribution in [3.05, 3.63) is 46.7 Å². The fraction of sp³-hybridized carbons (Fsp3) is 0.143. The van der Waals surface area contributed by atoms with Crippen molar-refractivity contribution in [2.75, 3.05) is 12.1 Å². The number of phenols is 1. The molecule has 1 aliphatic rings. The van der Waals surface area contributed by atoms with E-state index in [0.29, 0.717) is 22.1 Å². The summed E-state index contributed by atoms with van der Waals surface area (Å²) in [5.41, 5.74) is 0.850. The monoisotopic (exact) mass is 295 g/mol. The summed E-state index contributed by atoms with van der Waals surface area (Å²) in [5.74, 6) is 0.713. The quantitative estimate of drug-likeness (QED) is 0.909. The Kier molecular flexibility index (Phi) is 3.28. The van der Waals surface area contributed by atoms with Gasteiger partial charge in [-0.2, -0.15) is 0 Å². The maximum atomic E-state index is 13.6. The van der Waals surface area contributed by atoms with Gasteiger partial charge >= 0.3 is 0 Å². The van der Waals surface area contributed by atoms with Crippen molar-refractivity contribution in [3.8, 4) is 17.2 Å². The van der Waals surface area contributed by atoms with Crippen LogP contribution in [0.4, 0.5) is 10.1 Å². The molecule has 3 rings (SSSR count). The number of aromatic hydroxyl groups is 1. The fourth-order valence-electron chi connectivity index (χ4n) is 1.94. The Morgan fingerprint density at radius 2 is 1.95 bits per heavy atom. The molecule has 104 valence electrons. The molecule has 0 fully saturated rings. The van der Waals surface area contributed by atoms with Crippen LogP contribution in [0.1, 0.15) is 5.56 Å². The van der Waals surface area contributed by atoms with Crippen LogP contribution in [0.3, 0.4) is 0 Å². The van der Waals surface area contributed by atoms with Crippen molar-refractivity contribution in [1.82, 2.24) is 0 Å². The lowest BCUT2D eigenvalue weighted by Gasteiger charge is -2.10. The van der Waals surface area contributed by atoms with E-state index in [9.17, 15) is 9.50 Å². The van der Waals surface area contributed by atoms with E-state index in [-0.39, 0.29) is 24.8 Å². The second-order valence-corrected chi connectivity index (χ2v) is 4.75. The Balaban J connectivity index is 1.80. The summed E-state index contributed by atoms with van der Waals surface area (Å²) < 4.78 is 23.9. The van der Waals surface area contributed by atoms with Gasteiger partial charge in [0.1, 0.15) is 11.6 Å². The number of rotatable bonds is 3. The minimum atomic E-state index is -0.408. The number of anilines is 1. The van der Waals surface area contributed by atoms with E-state index in [1.54, 1.807) is 6.07 Å². The highest BCUT2D eigenvalue weighted by atomic mass is 35.5. The SMILES string of the molecule is Oc1cc2c(cc1CNc1cc(Cl)ccc1F)OCO2. The van der Waals surface area contributed by atoms with E-state index in [4.69, 9.17) is 21.1 Å². The number of hydrogen-bond donors (Lipinski definition) is 2. The standard InChI is InChI=1S/C14H11ClFNO3/c15-9-1-2-10(16)11(4-9)17-6-8-3-13-14(5-12(8)18)20-7-19-13/h1-5,17-18H,6-7H2. The van der Waals surface area contributed by atoms with Gasteiger partial charge in [-0.05, 0) is 24.3 Å². The minimum absolute atomic E-state index is 0.0594. The Labute approximate surface area is 119 Å². The molecule has 1 aliphatic heterocycles. The van der Waals surface area contributed by atoms with E-state index in [0.717, 1.165) is 0 Å². The second kappa shape index (κ2) is 5.09. The zero-order chi connectivity index (χ0) is 14.1. The fourth-order valence-corrected chi connectivity index (χ4v) is 2.11. The van der Waals surface area contributed by atoms with E-state index in [1.807, 2.05) is 0 Å². The molecule has 0 spiro atoms. The van der Waals surface area contributed by atoms with Gasteiger partial charge in [-0.25, -0.2) is 4.39 Å². The molecule has 2 aromatic carbocycles. The Morgan fingerprint density at radius 3 is 2.75 bits per heavy atom. The molecule has 0 saturated carbocycles. The van der Waals surface area contributed by atoms with Crippen molar-refractivity contribution in [2.24, 2.45) is 0 Å². The molecule has 20 heavy (non-hydrogen) atoms. The number of benzene rings is 2. The van der Waals surface area contributed by atoms with Crippen LogP contribution in [0.2, 0.25) is 5.02 Å². The lowest BCUT2D eigenvalue weighted by molar-refractivity contribution is 0.174. The van der Waals surface area contributed by atoms with Gasteiger partial charge < -0.3 is 19.9 Å². The lowest BCUT2D eigenvalue weighted by atomic mass is 10.1. The van der Waals surface area contributed by atoms with Crippen molar-refractivity contribution in [2.45, 2.75) is 6.54 Å². The van der Waals surface area contributed by atoms with Gasteiger partial charge in [0.05, 0.1) is 5.69 Å². The number of halogens is 2. The normalized spacial score (nSPS) is 12.5.